The van der Waals surface area contributed by atoms with Crippen molar-refractivity contribution in [1.29, 1.82) is 0 Å². The number of hydrogen-bond acceptors (Lipinski definition) is 6. The van der Waals surface area contributed by atoms with Crippen LogP contribution in [0.4, 0.5) is 18.0 Å². The van der Waals surface area contributed by atoms with E-state index in [1.807, 2.05) is 57.2 Å². The van der Waals surface area contributed by atoms with Crippen molar-refractivity contribution in [2.45, 2.75) is 47.2 Å². The molecule has 36 heavy (non-hydrogen) atoms. The summed E-state index contributed by atoms with van der Waals surface area (Å²) >= 11 is 0. The first-order chi connectivity index (χ1) is 16.6. The molecular weight excluding hydrogens is 517 g/mol. The number of carbonyl (C=O) groups excluding carboxylic acids is 1. The lowest BCUT2D eigenvalue weighted by atomic mass is 10.2. The van der Waals surface area contributed by atoms with Crippen LogP contribution in [0.25, 0.3) is 0 Å². The zero-order valence-corrected chi connectivity index (χ0v) is 21.3. The van der Waals surface area contributed by atoms with Gasteiger partial charge in [-0.05, 0) is 69.3 Å². The van der Waals surface area contributed by atoms with Gasteiger partial charge in [-0.3, -0.25) is 0 Å². The van der Waals surface area contributed by atoms with E-state index in [-0.39, 0.29) is 10.9 Å². The van der Waals surface area contributed by atoms with Crippen molar-refractivity contribution in [1.82, 2.24) is 0 Å². The number of alkyl halides is 3. The van der Waals surface area contributed by atoms with E-state index in [1.165, 1.54) is 9.79 Å². The highest BCUT2D eigenvalue weighted by atomic mass is 32.2. The van der Waals surface area contributed by atoms with Gasteiger partial charge in [0.15, 0.2) is 14.7 Å². The summed E-state index contributed by atoms with van der Waals surface area (Å²) in [6.45, 7) is 5.42. The van der Waals surface area contributed by atoms with Crippen LogP contribution in [0.1, 0.15) is 20.8 Å². The van der Waals surface area contributed by atoms with Crippen molar-refractivity contribution in [2.24, 2.45) is 0 Å². The molecule has 0 aliphatic heterocycles. The highest BCUT2D eigenvalue weighted by Gasteiger charge is 2.30. The van der Waals surface area contributed by atoms with Crippen LogP contribution in [0.15, 0.2) is 99.6 Å². The number of ether oxygens (including phenoxy) is 2. The van der Waals surface area contributed by atoms with Crippen molar-refractivity contribution < 1.29 is 40.4 Å². The first kappa shape index (κ1) is 29.2. The monoisotopic (exact) mass is 542 g/mol. The second-order valence-electron chi connectivity index (χ2n) is 8.29. The molecular formula is C25H25F3O6S2. The molecule has 0 fully saturated rings. The summed E-state index contributed by atoms with van der Waals surface area (Å²) < 4.78 is 71.5. The molecule has 0 spiro atoms. The molecule has 0 bridgehead atoms. The Balaban J connectivity index is 0.000000434. The largest absolute Gasteiger partial charge is 0.748 e. The highest BCUT2D eigenvalue weighted by molar-refractivity contribution is 7.97. The van der Waals surface area contributed by atoms with Gasteiger partial charge in [-0.15, -0.1) is 0 Å². The van der Waals surface area contributed by atoms with Crippen LogP contribution in [-0.4, -0.2) is 36.7 Å². The second kappa shape index (κ2) is 12.3. The summed E-state index contributed by atoms with van der Waals surface area (Å²) in [5.41, 5.74) is -0.579. The van der Waals surface area contributed by atoms with E-state index in [9.17, 15) is 30.9 Å². The minimum atomic E-state index is -5.16. The summed E-state index contributed by atoms with van der Waals surface area (Å²) in [6.07, 6.45) is -5.61. The average Bonchev–Trinajstić information content (AvgIpc) is 2.73. The van der Waals surface area contributed by atoms with Gasteiger partial charge < -0.3 is 14.0 Å². The topological polar surface area (TPSA) is 92.7 Å². The van der Waals surface area contributed by atoms with Crippen LogP contribution >= 0.6 is 0 Å². The maximum absolute atomic E-state index is 11.8. The van der Waals surface area contributed by atoms with E-state index in [1.54, 1.807) is 0 Å². The Morgan fingerprint density at radius 1 is 0.806 bits per heavy atom. The van der Waals surface area contributed by atoms with Crippen molar-refractivity contribution in [2.75, 3.05) is 5.75 Å². The number of carbonyl (C=O) groups is 1. The minimum Gasteiger partial charge on any atom is -0.748 e. The molecule has 3 aromatic rings. The summed E-state index contributed by atoms with van der Waals surface area (Å²) in [7, 11) is -5.38. The van der Waals surface area contributed by atoms with Gasteiger partial charge in [0.25, 0.3) is 0 Å². The molecule has 0 aliphatic rings. The third kappa shape index (κ3) is 11.1. The van der Waals surface area contributed by atoms with E-state index in [0.29, 0.717) is 5.75 Å². The Hall–Kier alpha value is -3.02. The average molecular weight is 543 g/mol. The lowest BCUT2D eigenvalue weighted by molar-refractivity contribution is -0.107. The highest BCUT2D eigenvalue weighted by Crippen LogP contribution is 2.32. The van der Waals surface area contributed by atoms with Gasteiger partial charge in [0.1, 0.15) is 27.2 Å². The minimum absolute atomic E-state index is 0.223. The Kier molecular flexibility index (Phi) is 9.97. The number of benzene rings is 3. The van der Waals surface area contributed by atoms with Gasteiger partial charge >= 0.3 is 12.3 Å². The molecule has 0 saturated carbocycles. The predicted octanol–water partition coefficient (Wildman–Crippen LogP) is 6.19. The van der Waals surface area contributed by atoms with E-state index in [0.717, 1.165) is 4.90 Å². The summed E-state index contributed by atoms with van der Waals surface area (Å²) in [4.78, 5) is 15.5. The number of halogens is 3. The van der Waals surface area contributed by atoms with Crippen LogP contribution < -0.4 is 4.74 Å². The molecule has 0 atom stereocenters. The smallest absolute Gasteiger partial charge is 0.514 e. The first-order valence-corrected chi connectivity index (χ1v) is 13.3. The third-order valence-corrected chi connectivity index (χ3v) is 6.86. The van der Waals surface area contributed by atoms with Gasteiger partial charge in [0, 0.05) is 0 Å². The Morgan fingerprint density at radius 3 is 1.56 bits per heavy atom. The molecule has 194 valence electrons. The molecule has 0 saturated heterocycles. The van der Waals surface area contributed by atoms with Gasteiger partial charge in [0.05, 0.1) is 10.9 Å². The second-order valence-corrected chi connectivity index (χ2v) is 11.7. The Bertz CT molecular complexity index is 1170. The maximum Gasteiger partial charge on any atom is 0.514 e. The lowest BCUT2D eigenvalue weighted by Crippen LogP contribution is -2.25. The fourth-order valence-corrected chi connectivity index (χ4v) is 5.22. The SMILES string of the molecule is CC(C)(C)OC(=O)Oc1ccc([S+](c2ccccc2)c2ccccc2)cc1.O=S(=O)([O-])CC(F)(F)F. The Labute approximate surface area is 211 Å². The van der Waals surface area contributed by atoms with Crippen LogP contribution in [0, 0.1) is 0 Å². The quantitative estimate of drug-likeness (QED) is 0.165. The zero-order valence-electron chi connectivity index (χ0n) is 19.7. The van der Waals surface area contributed by atoms with Crippen LogP contribution in [0.2, 0.25) is 0 Å². The summed E-state index contributed by atoms with van der Waals surface area (Å²) in [6, 6.07) is 28.4. The van der Waals surface area contributed by atoms with E-state index < -0.39 is 33.8 Å². The van der Waals surface area contributed by atoms with E-state index >= 15 is 0 Å². The molecule has 0 radical (unpaired) electrons. The maximum atomic E-state index is 11.8. The molecule has 3 aromatic carbocycles. The standard InChI is InChI=1S/C23H23O3S.C2H3F3O3S/c1-23(2,3)26-22(24)25-18-14-16-21(17-15-18)27(19-10-6-4-7-11-19)20-12-8-5-9-13-20;3-2(4,5)1-9(6,7)8/h4-17H,1-3H3;1H2,(H,6,7,8)/q+1;/p-1. The molecule has 0 N–H and O–H groups in total. The van der Waals surface area contributed by atoms with E-state index in [2.05, 4.69) is 48.5 Å². The van der Waals surface area contributed by atoms with Crippen molar-refractivity contribution in [3.8, 4) is 5.75 Å². The first-order valence-electron chi connectivity index (χ1n) is 10.5. The van der Waals surface area contributed by atoms with Crippen LogP contribution in [0.3, 0.4) is 0 Å². The zero-order chi connectivity index (χ0) is 27.0. The molecule has 3 rings (SSSR count). The van der Waals surface area contributed by atoms with Crippen LogP contribution in [0.5, 0.6) is 5.75 Å². The lowest BCUT2D eigenvalue weighted by Gasteiger charge is -2.18. The predicted molar refractivity (Wildman–Crippen MR) is 129 cm³/mol. The van der Waals surface area contributed by atoms with Crippen molar-refractivity contribution >= 4 is 27.2 Å². The molecule has 0 aromatic heterocycles. The van der Waals surface area contributed by atoms with Gasteiger partial charge in [-0.25, -0.2) is 13.2 Å². The number of hydrogen-bond donors (Lipinski definition) is 0. The fraction of sp³-hybridized carbons (Fsp3) is 0.240. The van der Waals surface area contributed by atoms with Gasteiger partial charge in [-0.2, -0.15) is 13.2 Å². The number of rotatable bonds is 5. The molecule has 11 heteroatoms. The summed E-state index contributed by atoms with van der Waals surface area (Å²) in [5.74, 6) is -1.82. The van der Waals surface area contributed by atoms with Crippen molar-refractivity contribution in [3.63, 3.8) is 0 Å². The molecule has 0 heterocycles. The molecule has 6 nitrogen and oxygen atoms in total. The fourth-order valence-electron chi connectivity index (χ4n) is 2.73. The molecule has 0 aliphatic carbocycles. The van der Waals surface area contributed by atoms with Crippen molar-refractivity contribution in [3.05, 3.63) is 84.9 Å². The van der Waals surface area contributed by atoms with E-state index in [4.69, 9.17) is 9.47 Å². The van der Waals surface area contributed by atoms with Gasteiger partial charge in [0.2, 0.25) is 0 Å². The Morgan fingerprint density at radius 2 is 1.22 bits per heavy atom. The normalized spacial score (nSPS) is 11.9. The van der Waals surface area contributed by atoms with Crippen LogP contribution in [-0.2, 0) is 25.7 Å². The van der Waals surface area contributed by atoms with Gasteiger partial charge in [-0.1, -0.05) is 36.4 Å². The third-order valence-electron chi connectivity index (χ3n) is 3.95. The molecule has 0 amide bonds. The summed E-state index contributed by atoms with van der Waals surface area (Å²) in [5, 5.41) is 0. The molecule has 0 unspecified atom stereocenters.